The first-order valence-corrected chi connectivity index (χ1v) is 9.96. The molecule has 0 N–H and O–H groups in total. The molecule has 2 atom stereocenters. The van der Waals surface area contributed by atoms with E-state index in [9.17, 15) is 4.57 Å². The van der Waals surface area contributed by atoms with Crippen molar-refractivity contribution in [1.29, 1.82) is 0 Å². The maximum absolute atomic E-state index is 12.0. The van der Waals surface area contributed by atoms with Crippen molar-refractivity contribution in [2.24, 2.45) is 0 Å². The molecule has 6 nitrogen and oxygen atoms in total. The molecule has 7 heteroatoms. The molecule has 1 aromatic carbocycles. The molecule has 0 amide bonds. The Morgan fingerprint density at radius 1 is 1.16 bits per heavy atom. The van der Waals surface area contributed by atoms with Gasteiger partial charge in [0, 0.05) is 26.6 Å². The third-order valence-electron chi connectivity index (χ3n) is 4.14. The van der Waals surface area contributed by atoms with Gasteiger partial charge in [0.05, 0.1) is 25.9 Å². The summed E-state index contributed by atoms with van der Waals surface area (Å²) in [4.78, 5) is 0. The van der Waals surface area contributed by atoms with Crippen molar-refractivity contribution in [2.75, 3.05) is 27.9 Å². The molecule has 0 spiro atoms. The molecule has 25 heavy (non-hydrogen) atoms. The van der Waals surface area contributed by atoms with Gasteiger partial charge in [-0.25, -0.2) is 0 Å². The normalized spacial score (nSPS) is 21.1. The van der Waals surface area contributed by atoms with Gasteiger partial charge in [-0.1, -0.05) is 12.1 Å². The Morgan fingerprint density at radius 3 is 2.52 bits per heavy atom. The molecule has 0 saturated carbocycles. The van der Waals surface area contributed by atoms with E-state index in [2.05, 4.69) is 0 Å². The van der Waals surface area contributed by atoms with E-state index in [1.165, 1.54) is 20.0 Å². The molecule has 0 aromatic heterocycles. The van der Waals surface area contributed by atoms with Gasteiger partial charge in [0.1, 0.15) is 5.75 Å². The second-order valence-electron chi connectivity index (χ2n) is 5.81. The van der Waals surface area contributed by atoms with Crippen LogP contribution >= 0.6 is 7.60 Å². The Labute approximate surface area is 149 Å². The summed E-state index contributed by atoms with van der Waals surface area (Å²) in [7, 11) is 1.27. The minimum absolute atomic E-state index is 0.0507. The van der Waals surface area contributed by atoms with E-state index in [0.717, 1.165) is 30.6 Å². The minimum Gasteiger partial charge on any atom is -0.497 e. The third kappa shape index (κ3) is 6.57. The Hall–Kier alpha value is -1.17. The Morgan fingerprint density at radius 2 is 1.88 bits per heavy atom. The van der Waals surface area contributed by atoms with Gasteiger partial charge in [-0.15, -0.1) is 0 Å². The second kappa shape index (κ2) is 10.1. The van der Waals surface area contributed by atoms with Gasteiger partial charge in [-0.2, -0.15) is 0 Å². The zero-order chi connectivity index (χ0) is 18.1. The molecule has 0 unspecified atom stereocenters. The fraction of sp³-hybridized carbons (Fsp3) is 0.556. The van der Waals surface area contributed by atoms with Crippen LogP contribution < -0.4 is 4.74 Å². The molecule has 1 aliphatic heterocycles. The Bertz CT molecular complexity index is 578. The van der Waals surface area contributed by atoms with Gasteiger partial charge >= 0.3 is 7.60 Å². The van der Waals surface area contributed by atoms with Gasteiger partial charge in [-0.3, -0.25) is 4.57 Å². The molecule has 1 fully saturated rings. The van der Waals surface area contributed by atoms with Crippen LogP contribution in [0.3, 0.4) is 0 Å². The van der Waals surface area contributed by atoms with Crippen LogP contribution in [0.15, 0.2) is 36.2 Å². The maximum atomic E-state index is 12.0. The third-order valence-corrected chi connectivity index (χ3v) is 5.70. The van der Waals surface area contributed by atoms with Gasteiger partial charge in [0.25, 0.3) is 0 Å². The van der Waals surface area contributed by atoms with E-state index < -0.39 is 7.60 Å². The summed E-state index contributed by atoms with van der Waals surface area (Å²) in [5, 5.41) is 0. The van der Waals surface area contributed by atoms with E-state index in [-0.39, 0.29) is 12.2 Å². The van der Waals surface area contributed by atoms with Crippen LogP contribution in [0.2, 0.25) is 0 Å². The minimum atomic E-state index is -3.11. The van der Waals surface area contributed by atoms with Crippen LogP contribution in [0.1, 0.15) is 24.8 Å². The largest absolute Gasteiger partial charge is 0.497 e. The standard InChI is InChI=1S/C18H27O6P/c1-20-16-6-4-15(5-7-16)14-23-12-10-17-8-9-18(24-17)11-13-25(19,21-2)22-3/h4-7,11,13,17-18H,8-10,12,14H2,1-3H3/b13-11+/t17-,18-/m1/s1. The highest BCUT2D eigenvalue weighted by atomic mass is 31.2. The lowest BCUT2D eigenvalue weighted by molar-refractivity contribution is 0.0328. The van der Waals surface area contributed by atoms with Crippen molar-refractivity contribution in [1.82, 2.24) is 0 Å². The topological polar surface area (TPSA) is 63.2 Å². The lowest BCUT2D eigenvalue weighted by atomic mass is 10.1. The fourth-order valence-corrected chi connectivity index (χ4v) is 3.41. The van der Waals surface area contributed by atoms with Gasteiger partial charge in [-0.05, 0) is 43.0 Å². The molecule has 0 aliphatic carbocycles. The first-order chi connectivity index (χ1) is 12.1. The molecular weight excluding hydrogens is 343 g/mol. The van der Waals surface area contributed by atoms with E-state index in [4.69, 9.17) is 23.3 Å². The predicted octanol–water partition coefficient (Wildman–Crippen LogP) is 4.15. The first kappa shape index (κ1) is 20.1. The SMILES string of the molecule is COc1ccc(COCC[C@H]2CC[C@H](/C=C/P(=O)(OC)OC)O2)cc1. The molecule has 0 radical (unpaired) electrons. The molecule has 1 aromatic rings. The van der Waals surface area contributed by atoms with Crippen molar-refractivity contribution in [3.63, 3.8) is 0 Å². The van der Waals surface area contributed by atoms with E-state index in [0.29, 0.717) is 13.2 Å². The zero-order valence-corrected chi connectivity index (χ0v) is 15.9. The van der Waals surface area contributed by atoms with Gasteiger partial charge in [0.15, 0.2) is 0 Å². The van der Waals surface area contributed by atoms with Crippen LogP contribution in [-0.4, -0.2) is 40.1 Å². The van der Waals surface area contributed by atoms with Crippen LogP contribution in [0.5, 0.6) is 5.75 Å². The van der Waals surface area contributed by atoms with Crippen LogP contribution in [-0.2, 0) is 29.7 Å². The van der Waals surface area contributed by atoms with Crippen molar-refractivity contribution in [3.8, 4) is 5.75 Å². The molecule has 140 valence electrons. The highest BCUT2D eigenvalue weighted by Crippen LogP contribution is 2.48. The van der Waals surface area contributed by atoms with E-state index >= 15 is 0 Å². The number of benzene rings is 1. The molecule has 0 bridgehead atoms. The summed E-state index contributed by atoms with van der Waals surface area (Å²) in [6.07, 6.45) is 4.58. The predicted molar refractivity (Wildman–Crippen MR) is 95.9 cm³/mol. The van der Waals surface area contributed by atoms with Crippen molar-refractivity contribution in [3.05, 3.63) is 41.7 Å². The average Bonchev–Trinajstić information content (AvgIpc) is 3.11. The van der Waals surface area contributed by atoms with E-state index in [1.54, 1.807) is 13.2 Å². The second-order valence-corrected chi connectivity index (χ2v) is 7.92. The summed E-state index contributed by atoms with van der Waals surface area (Å²) < 4.78 is 38.5. The quantitative estimate of drug-likeness (QED) is 0.455. The number of rotatable bonds is 10. The zero-order valence-electron chi connectivity index (χ0n) is 15.1. The molecule has 2 rings (SSSR count). The summed E-state index contributed by atoms with van der Waals surface area (Å²) >= 11 is 0. The number of methoxy groups -OCH3 is 1. The first-order valence-electron chi connectivity index (χ1n) is 8.35. The maximum Gasteiger partial charge on any atom is 0.353 e. The van der Waals surface area contributed by atoms with Crippen molar-refractivity contribution in [2.45, 2.75) is 38.1 Å². The van der Waals surface area contributed by atoms with Gasteiger partial charge < -0.3 is 23.3 Å². The average molecular weight is 370 g/mol. The number of hydrogen-bond donors (Lipinski definition) is 0. The van der Waals surface area contributed by atoms with Gasteiger partial charge in [0.2, 0.25) is 0 Å². The smallest absolute Gasteiger partial charge is 0.353 e. The van der Waals surface area contributed by atoms with Crippen molar-refractivity contribution < 1.29 is 27.8 Å². The molecule has 1 aliphatic rings. The monoisotopic (exact) mass is 370 g/mol. The molecule has 1 saturated heterocycles. The number of hydrogen-bond acceptors (Lipinski definition) is 6. The van der Waals surface area contributed by atoms with Crippen LogP contribution in [0.25, 0.3) is 0 Å². The molecule has 1 heterocycles. The Balaban J connectivity index is 1.66. The lowest BCUT2D eigenvalue weighted by Gasteiger charge is -2.13. The summed E-state index contributed by atoms with van der Waals surface area (Å²) in [6, 6.07) is 7.84. The fourth-order valence-electron chi connectivity index (χ4n) is 2.61. The highest BCUT2D eigenvalue weighted by molar-refractivity contribution is 7.57. The number of ether oxygens (including phenoxy) is 3. The molecular formula is C18H27O6P. The van der Waals surface area contributed by atoms with E-state index in [1.807, 2.05) is 24.3 Å². The van der Waals surface area contributed by atoms with Crippen LogP contribution in [0, 0.1) is 0 Å². The summed E-state index contributed by atoms with van der Waals surface area (Å²) in [5.41, 5.74) is 1.11. The van der Waals surface area contributed by atoms with Crippen LogP contribution in [0.4, 0.5) is 0 Å². The Kier molecular flexibility index (Phi) is 8.13. The van der Waals surface area contributed by atoms with Crippen molar-refractivity contribution >= 4 is 7.60 Å². The summed E-state index contributed by atoms with van der Waals surface area (Å²) in [5.74, 6) is 2.31. The summed E-state index contributed by atoms with van der Waals surface area (Å²) in [6.45, 7) is 1.21. The highest BCUT2D eigenvalue weighted by Gasteiger charge is 2.25. The lowest BCUT2D eigenvalue weighted by Crippen LogP contribution is -2.12.